The van der Waals surface area contributed by atoms with Crippen molar-refractivity contribution >= 4 is 17.2 Å². The molecule has 4 heteroatoms. The molecule has 1 fully saturated rings. The Morgan fingerprint density at radius 2 is 1.70 bits per heavy atom. The van der Waals surface area contributed by atoms with Crippen LogP contribution in [0.1, 0.15) is 29.0 Å². The molecule has 1 aliphatic rings. The maximum atomic E-state index is 11.0. The second-order valence-corrected chi connectivity index (χ2v) is 7.66. The van der Waals surface area contributed by atoms with Crippen LogP contribution in [0, 0.1) is 5.92 Å². The fourth-order valence-corrected chi connectivity index (χ4v) is 3.52. The van der Waals surface area contributed by atoms with E-state index < -0.39 is 5.97 Å². The summed E-state index contributed by atoms with van der Waals surface area (Å²) < 4.78 is 5.85. The molecule has 0 heterocycles. The molecule has 0 unspecified atom stereocenters. The van der Waals surface area contributed by atoms with Crippen LogP contribution in [0.4, 0.5) is 5.69 Å². The molecule has 0 saturated heterocycles. The first-order valence-corrected chi connectivity index (χ1v) is 10.1. The van der Waals surface area contributed by atoms with Crippen molar-refractivity contribution < 1.29 is 14.6 Å². The van der Waals surface area contributed by atoms with Crippen LogP contribution in [0.5, 0.6) is 5.75 Å². The number of carboxylic acids is 1. The van der Waals surface area contributed by atoms with Gasteiger partial charge in [-0.3, -0.25) is 4.79 Å². The molecule has 152 valence electrons. The smallest absolute Gasteiger partial charge is 0.307 e. The summed E-state index contributed by atoms with van der Waals surface area (Å²) in [6.07, 6.45) is 0.745. The van der Waals surface area contributed by atoms with E-state index in [1.807, 2.05) is 78.9 Å². The molecule has 4 nitrogen and oxygen atoms in total. The number of hydrogen-bond acceptors (Lipinski definition) is 3. The second-order valence-electron chi connectivity index (χ2n) is 7.66. The standard InChI is InChI=1S/C26H25NO3/c1-18(20-5-3-2-4-6-20)17-30-23-13-7-19(8-14-23)16-27-22-11-9-21(10-12-22)24-15-25(24)26(28)29/h2-14,24-25,27H,1,15-17H2,(H,28,29)/t24-,25+/m0/s1. The molecule has 2 N–H and O–H groups in total. The van der Waals surface area contributed by atoms with Crippen molar-refractivity contribution in [3.8, 4) is 5.75 Å². The molecular formula is C26H25NO3. The number of benzene rings is 3. The average molecular weight is 399 g/mol. The molecule has 0 amide bonds. The quantitative estimate of drug-likeness (QED) is 0.493. The van der Waals surface area contributed by atoms with Gasteiger partial charge in [-0.25, -0.2) is 0 Å². The molecule has 4 rings (SSSR count). The highest BCUT2D eigenvalue weighted by Gasteiger charge is 2.43. The van der Waals surface area contributed by atoms with Gasteiger partial charge < -0.3 is 15.2 Å². The van der Waals surface area contributed by atoms with Crippen LogP contribution in [0.2, 0.25) is 0 Å². The lowest BCUT2D eigenvalue weighted by Gasteiger charge is -2.11. The van der Waals surface area contributed by atoms with E-state index in [9.17, 15) is 4.79 Å². The van der Waals surface area contributed by atoms with Crippen molar-refractivity contribution in [1.29, 1.82) is 0 Å². The summed E-state index contributed by atoms with van der Waals surface area (Å²) in [7, 11) is 0. The van der Waals surface area contributed by atoms with Gasteiger partial charge in [0.1, 0.15) is 12.4 Å². The average Bonchev–Trinajstić information content (AvgIpc) is 3.59. The lowest BCUT2D eigenvalue weighted by atomic mass is 10.1. The van der Waals surface area contributed by atoms with Gasteiger partial charge in [-0.1, -0.05) is 61.2 Å². The predicted octanol–water partition coefficient (Wildman–Crippen LogP) is 5.58. The fourth-order valence-electron chi connectivity index (χ4n) is 3.52. The number of carbonyl (C=O) groups is 1. The minimum absolute atomic E-state index is 0.169. The summed E-state index contributed by atoms with van der Waals surface area (Å²) >= 11 is 0. The topological polar surface area (TPSA) is 58.6 Å². The van der Waals surface area contributed by atoms with Crippen LogP contribution in [0.15, 0.2) is 85.4 Å². The van der Waals surface area contributed by atoms with Crippen LogP contribution in [0.25, 0.3) is 5.57 Å². The Morgan fingerprint density at radius 3 is 2.33 bits per heavy atom. The molecule has 1 aliphatic carbocycles. The van der Waals surface area contributed by atoms with Crippen molar-refractivity contribution in [3.63, 3.8) is 0 Å². The van der Waals surface area contributed by atoms with Crippen LogP contribution in [-0.2, 0) is 11.3 Å². The number of ether oxygens (including phenoxy) is 1. The molecule has 30 heavy (non-hydrogen) atoms. The Morgan fingerprint density at radius 1 is 1.00 bits per heavy atom. The first-order valence-electron chi connectivity index (χ1n) is 10.1. The summed E-state index contributed by atoms with van der Waals surface area (Å²) in [6.45, 7) is 5.25. The van der Waals surface area contributed by atoms with Gasteiger partial charge >= 0.3 is 5.97 Å². The summed E-state index contributed by atoms with van der Waals surface area (Å²) in [5, 5.41) is 12.5. The number of anilines is 1. The second kappa shape index (κ2) is 8.87. The third kappa shape index (κ3) is 4.90. The van der Waals surface area contributed by atoms with E-state index in [1.165, 1.54) is 0 Å². The van der Waals surface area contributed by atoms with E-state index in [0.717, 1.165) is 40.1 Å². The maximum absolute atomic E-state index is 11.0. The molecule has 0 bridgehead atoms. The third-order valence-electron chi connectivity index (χ3n) is 5.46. The first-order chi connectivity index (χ1) is 14.6. The van der Waals surface area contributed by atoms with E-state index in [2.05, 4.69) is 11.9 Å². The Balaban J connectivity index is 1.25. The minimum atomic E-state index is -0.695. The van der Waals surface area contributed by atoms with Gasteiger partial charge in [0.25, 0.3) is 0 Å². The molecular weight excluding hydrogens is 374 g/mol. The van der Waals surface area contributed by atoms with Gasteiger partial charge in [-0.05, 0) is 58.9 Å². The SMILES string of the molecule is C=C(COc1ccc(CNc2ccc([C@@H]3C[C@H]3C(=O)O)cc2)cc1)c1ccccc1. The number of rotatable bonds is 9. The largest absolute Gasteiger partial charge is 0.489 e. The zero-order valence-electron chi connectivity index (χ0n) is 16.8. The van der Waals surface area contributed by atoms with Crippen LogP contribution in [0.3, 0.4) is 0 Å². The van der Waals surface area contributed by atoms with Crippen LogP contribution < -0.4 is 10.1 Å². The van der Waals surface area contributed by atoms with Crippen LogP contribution in [-0.4, -0.2) is 17.7 Å². The highest BCUT2D eigenvalue weighted by atomic mass is 16.5. The van der Waals surface area contributed by atoms with Crippen molar-refractivity contribution in [3.05, 3.63) is 102 Å². The zero-order valence-corrected chi connectivity index (χ0v) is 16.8. The Kier molecular flexibility index (Phi) is 5.84. The molecule has 0 radical (unpaired) electrons. The molecule has 3 aromatic rings. The summed E-state index contributed by atoms with van der Waals surface area (Å²) in [4.78, 5) is 11.0. The summed E-state index contributed by atoms with van der Waals surface area (Å²) in [5.41, 5.74) is 5.31. The van der Waals surface area contributed by atoms with Gasteiger partial charge in [0.05, 0.1) is 5.92 Å². The third-order valence-corrected chi connectivity index (χ3v) is 5.46. The Bertz CT molecular complexity index is 1010. The van der Waals surface area contributed by atoms with Gasteiger partial charge in [0.2, 0.25) is 0 Å². The normalized spacial score (nSPS) is 17.2. The number of nitrogens with one attached hydrogen (secondary N) is 1. The van der Waals surface area contributed by atoms with Crippen molar-refractivity contribution in [1.82, 2.24) is 0 Å². The van der Waals surface area contributed by atoms with Crippen molar-refractivity contribution in [2.75, 3.05) is 11.9 Å². The van der Waals surface area contributed by atoms with E-state index in [-0.39, 0.29) is 11.8 Å². The highest BCUT2D eigenvalue weighted by Crippen LogP contribution is 2.47. The predicted molar refractivity (Wildman–Crippen MR) is 120 cm³/mol. The van der Waals surface area contributed by atoms with Gasteiger partial charge in [-0.15, -0.1) is 0 Å². The van der Waals surface area contributed by atoms with Gasteiger partial charge in [-0.2, -0.15) is 0 Å². The van der Waals surface area contributed by atoms with Crippen molar-refractivity contribution in [2.45, 2.75) is 18.9 Å². The maximum Gasteiger partial charge on any atom is 0.307 e. The molecule has 1 saturated carbocycles. The molecule has 0 aliphatic heterocycles. The number of aliphatic carboxylic acids is 1. The number of hydrogen-bond donors (Lipinski definition) is 2. The lowest BCUT2D eigenvalue weighted by Crippen LogP contribution is -2.02. The monoisotopic (exact) mass is 399 g/mol. The first kappa shape index (κ1) is 19.8. The molecule has 0 spiro atoms. The highest BCUT2D eigenvalue weighted by molar-refractivity contribution is 5.75. The molecule has 3 aromatic carbocycles. The van der Waals surface area contributed by atoms with Crippen molar-refractivity contribution in [2.24, 2.45) is 5.92 Å². The van der Waals surface area contributed by atoms with E-state index >= 15 is 0 Å². The van der Waals surface area contributed by atoms with Gasteiger partial charge in [0.15, 0.2) is 0 Å². The summed E-state index contributed by atoms with van der Waals surface area (Å²) in [5.74, 6) is 0.0769. The Labute approximate surface area is 176 Å². The lowest BCUT2D eigenvalue weighted by molar-refractivity contribution is -0.138. The van der Waals surface area contributed by atoms with Gasteiger partial charge in [0, 0.05) is 12.2 Å². The summed E-state index contributed by atoms with van der Waals surface area (Å²) in [6, 6.07) is 26.1. The zero-order chi connectivity index (χ0) is 20.9. The fraction of sp³-hybridized carbons (Fsp3) is 0.192. The molecule has 2 atom stereocenters. The van der Waals surface area contributed by atoms with E-state index in [0.29, 0.717) is 13.2 Å². The van der Waals surface area contributed by atoms with Crippen LogP contribution >= 0.6 is 0 Å². The van der Waals surface area contributed by atoms with E-state index in [1.54, 1.807) is 0 Å². The number of carboxylic acid groups (broad SMARTS) is 1. The minimum Gasteiger partial charge on any atom is -0.489 e. The Hall–Kier alpha value is -3.53. The molecule has 0 aromatic heterocycles. The van der Waals surface area contributed by atoms with E-state index in [4.69, 9.17) is 9.84 Å².